The second-order valence-corrected chi connectivity index (χ2v) is 4.43. The summed E-state index contributed by atoms with van der Waals surface area (Å²) in [6, 6.07) is 0. The van der Waals surface area contributed by atoms with Gasteiger partial charge in [0.05, 0.1) is 5.44 Å². The molecule has 1 atom stereocenters. The quantitative estimate of drug-likeness (QED) is 0.495. The van der Waals surface area contributed by atoms with Crippen LogP contribution >= 0.6 is 11.8 Å². The van der Waals surface area contributed by atoms with Gasteiger partial charge in [-0.1, -0.05) is 20.3 Å². The number of thioether (sulfide) groups is 1. The van der Waals surface area contributed by atoms with Crippen LogP contribution in [0.5, 0.6) is 0 Å². The Bertz CT molecular complexity index is 61.7. The third-order valence-corrected chi connectivity index (χ3v) is 2.29. The molecular weight excluding hydrogens is 144 g/mol. The lowest BCUT2D eigenvalue weighted by atomic mass is 10.1. The van der Waals surface area contributed by atoms with Crippen molar-refractivity contribution in [1.29, 1.82) is 0 Å². The van der Waals surface area contributed by atoms with E-state index >= 15 is 0 Å². The van der Waals surface area contributed by atoms with E-state index in [1.165, 1.54) is 12.8 Å². The van der Waals surface area contributed by atoms with Crippen molar-refractivity contribution in [3.63, 3.8) is 0 Å². The van der Waals surface area contributed by atoms with Crippen molar-refractivity contribution in [2.45, 2.75) is 39.0 Å². The van der Waals surface area contributed by atoms with Crippen LogP contribution in [0.2, 0.25) is 0 Å². The van der Waals surface area contributed by atoms with E-state index in [1.807, 2.05) is 6.92 Å². The molecule has 1 nitrogen and oxygen atoms in total. The molecule has 62 valence electrons. The van der Waals surface area contributed by atoms with Crippen LogP contribution in [0.15, 0.2) is 0 Å². The summed E-state index contributed by atoms with van der Waals surface area (Å²) < 4.78 is 0. The van der Waals surface area contributed by atoms with Crippen LogP contribution in [-0.4, -0.2) is 16.3 Å². The maximum Gasteiger partial charge on any atom is 0.0964 e. The summed E-state index contributed by atoms with van der Waals surface area (Å²) in [4.78, 5) is 0. The Hall–Kier alpha value is 0.310. The molecule has 0 radical (unpaired) electrons. The van der Waals surface area contributed by atoms with Crippen molar-refractivity contribution in [1.82, 2.24) is 0 Å². The van der Waals surface area contributed by atoms with Gasteiger partial charge in [-0.25, -0.2) is 0 Å². The molecule has 2 heteroatoms. The molecule has 0 aromatic heterocycles. The first-order valence-corrected chi connectivity index (χ1v) is 4.97. The molecule has 0 rings (SSSR count). The molecule has 0 saturated heterocycles. The van der Waals surface area contributed by atoms with E-state index in [0.717, 1.165) is 11.7 Å². The van der Waals surface area contributed by atoms with Gasteiger partial charge in [0.1, 0.15) is 0 Å². The molecule has 0 amide bonds. The molecule has 10 heavy (non-hydrogen) atoms. The molecule has 0 spiro atoms. The largest absolute Gasteiger partial charge is 0.383 e. The fourth-order valence-electron chi connectivity index (χ4n) is 0.745. The van der Waals surface area contributed by atoms with E-state index < -0.39 is 0 Å². The molecule has 1 unspecified atom stereocenters. The molecule has 0 fully saturated rings. The Morgan fingerprint density at radius 3 is 2.30 bits per heavy atom. The molecule has 0 aliphatic carbocycles. The van der Waals surface area contributed by atoms with Crippen LogP contribution in [0.25, 0.3) is 0 Å². The highest BCUT2D eigenvalue weighted by Gasteiger charge is 1.96. The minimum absolute atomic E-state index is 0.188. The van der Waals surface area contributed by atoms with Crippen LogP contribution in [0.1, 0.15) is 33.6 Å². The molecule has 1 N–H and O–H groups in total. The van der Waals surface area contributed by atoms with Gasteiger partial charge in [0.15, 0.2) is 0 Å². The predicted octanol–water partition coefficient (Wildman–Crippen LogP) is 2.49. The van der Waals surface area contributed by atoms with Gasteiger partial charge >= 0.3 is 0 Å². The van der Waals surface area contributed by atoms with E-state index in [9.17, 15) is 0 Å². The molecule has 0 aliphatic heterocycles. The molecule has 0 saturated carbocycles. The lowest BCUT2D eigenvalue weighted by molar-refractivity contribution is 0.284. The third kappa shape index (κ3) is 8.31. The first-order chi connectivity index (χ1) is 4.63. The Labute approximate surface area is 68.2 Å². The van der Waals surface area contributed by atoms with E-state index in [0.29, 0.717) is 0 Å². The van der Waals surface area contributed by atoms with Crippen LogP contribution in [0.3, 0.4) is 0 Å². The van der Waals surface area contributed by atoms with Crippen LogP contribution < -0.4 is 0 Å². The first-order valence-electron chi connectivity index (χ1n) is 3.92. The summed E-state index contributed by atoms with van der Waals surface area (Å²) in [7, 11) is 0. The van der Waals surface area contributed by atoms with Gasteiger partial charge in [-0.05, 0) is 25.0 Å². The lowest BCUT2D eigenvalue weighted by Crippen LogP contribution is -1.95. The van der Waals surface area contributed by atoms with E-state index in [4.69, 9.17) is 5.11 Å². The number of hydrogen-bond donors (Lipinski definition) is 1. The molecular formula is C8H18OS. The van der Waals surface area contributed by atoms with Crippen LogP contribution in [-0.2, 0) is 0 Å². The Balaban J connectivity index is 2.91. The van der Waals surface area contributed by atoms with Gasteiger partial charge in [0.2, 0.25) is 0 Å². The third-order valence-electron chi connectivity index (χ3n) is 1.28. The van der Waals surface area contributed by atoms with Crippen molar-refractivity contribution in [3.8, 4) is 0 Å². The molecule has 0 bridgehead atoms. The minimum atomic E-state index is -0.188. The van der Waals surface area contributed by atoms with Gasteiger partial charge in [-0.3, -0.25) is 0 Å². The summed E-state index contributed by atoms with van der Waals surface area (Å²) in [6.45, 7) is 6.28. The molecule has 0 aliphatic rings. The van der Waals surface area contributed by atoms with Crippen molar-refractivity contribution in [3.05, 3.63) is 0 Å². The zero-order chi connectivity index (χ0) is 7.98. The van der Waals surface area contributed by atoms with Crippen LogP contribution in [0.4, 0.5) is 0 Å². The van der Waals surface area contributed by atoms with Gasteiger partial charge in [-0.15, -0.1) is 11.8 Å². The normalized spacial score (nSPS) is 14.1. The zero-order valence-corrected chi connectivity index (χ0v) is 7.95. The summed E-state index contributed by atoms with van der Waals surface area (Å²) in [5.74, 6) is 1.89. The fourth-order valence-corrected chi connectivity index (χ4v) is 1.42. The standard InChI is InChI=1S/C8H18OS/c1-7(2)5-4-6-10-8(3)9/h7-9H,4-6H2,1-3H3. The maximum absolute atomic E-state index is 8.88. The van der Waals surface area contributed by atoms with E-state index in [2.05, 4.69) is 13.8 Å². The number of aliphatic hydroxyl groups is 1. The fraction of sp³-hybridized carbons (Fsp3) is 1.00. The number of hydrogen-bond acceptors (Lipinski definition) is 2. The second kappa shape index (κ2) is 6.05. The highest BCUT2D eigenvalue weighted by Crippen LogP contribution is 2.12. The topological polar surface area (TPSA) is 20.2 Å². The molecule has 0 heterocycles. The Morgan fingerprint density at radius 1 is 1.30 bits per heavy atom. The zero-order valence-electron chi connectivity index (χ0n) is 7.13. The molecule has 0 aromatic rings. The van der Waals surface area contributed by atoms with Gasteiger partial charge in [0, 0.05) is 0 Å². The van der Waals surface area contributed by atoms with Gasteiger partial charge in [0.25, 0.3) is 0 Å². The molecule has 0 aromatic carbocycles. The Kier molecular flexibility index (Phi) is 6.24. The van der Waals surface area contributed by atoms with Gasteiger partial charge < -0.3 is 5.11 Å². The van der Waals surface area contributed by atoms with Crippen molar-refractivity contribution in [2.24, 2.45) is 5.92 Å². The summed E-state index contributed by atoms with van der Waals surface area (Å²) in [6.07, 6.45) is 2.51. The summed E-state index contributed by atoms with van der Waals surface area (Å²) >= 11 is 1.63. The van der Waals surface area contributed by atoms with Crippen molar-refractivity contribution < 1.29 is 5.11 Å². The van der Waals surface area contributed by atoms with Gasteiger partial charge in [-0.2, -0.15) is 0 Å². The number of rotatable bonds is 5. The maximum atomic E-state index is 8.88. The highest BCUT2D eigenvalue weighted by molar-refractivity contribution is 7.99. The highest BCUT2D eigenvalue weighted by atomic mass is 32.2. The minimum Gasteiger partial charge on any atom is -0.383 e. The Morgan fingerprint density at radius 2 is 1.90 bits per heavy atom. The lowest BCUT2D eigenvalue weighted by Gasteiger charge is -2.05. The van der Waals surface area contributed by atoms with Crippen molar-refractivity contribution >= 4 is 11.8 Å². The summed E-state index contributed by atoms with van der Waals surface area (Å²) in [5.41, 5.74) is -0.188. The average molecular weight is 162 g/mol. The average Bonchev–Trinajstić information content (AvgIpc) is 1.79. The summed E-state index contributed by atoms with van der Waals surface area (Å²) in [5, 5.41) is 8.88. The first kappa shape index (κ1) is 10.3. The van der Waals surface area contributed by atoms with Crippen molar-refractivity contribution in [2.75, 3.05) is 5.75 Å². The SMILES string of the molecule is CC(C)CCCSC(C)O. The van der Waals surface area contributed by atoms with E-state index in [1.54, 1.807) is 11.8 Å². The van der Waals surface area contributed by atoms with Crippen LogP contribution in [0, 0.1) is 5.92 Å². The monoisotopic (exact) mass is 162 g/mol. The second-order valence-electron chi connectivity index (χ2n) is 3.01. The smallest absolute Gasteiger partial charge is 0.0964 e. The van der Waals surface area contributed by atoms with E-state index in [-0.39, 0.29) is 5.44 Å². The number of aliphatic hydroxyl groups excluding tert-OH is 1. The predicted molar refractivity (Wildman–Crippen MR) is 48.2 cm³/mol.